The van der Waals surface area contributed by atoms with Crippen LogP contribution in [-0.4, -0.2) is 0 Å². The summed E-state index contributed by atoms with van der Waals surface area (Å²) in [6.07, 6.45) is 0. The second-order valence-corrected chi connectivity index (χ2v) is 4.98. The largest absolute Gasteiger partial charge is 0.380 e. The van der Waals surface area contributed by atoms with Crippen molar-refractivity contribution < 1.29 is 13.2 Å². The molecule has 0 aliphatic rings. The first-order valence-electron chi connectivity index (χ1n) is 6.33. The van der Waals surface area contributed by atoms with Crippen molar-refractivity contribution in [3.63, 3.8) is 0 Å². The van der Waals surface area contributed by atoms with Crippen LogP contribution < -0.4 is 5.32 Å². The van der Waals surface area contributed by atoms with Gasteiger partial charge in [-0.2, -0.15) is 0 Å². The molecule has 4 heteroatoms. The van der Waals surface area contributed by atoms with E-state index in [4.69, 9.17) is 0 Å². The molecule has 1 nitrogen and oxygen atoms in total. The van der Waals surface area contributed by atoms with E-state index >= 15 is 0 Å². The van der Waals surface area contributed by atoms with E-state index in [0.29, 0.717) is 6.07 Å². The van der Waals surface area contributed by atoms with Crippen LogP contribution in [-0.2, 0) is 6.54 Å². The molecule has 0 unspecified atom stereocenters. The van der Waals surface area contributed by atoms with Crippen molar-refractivity contribution in [2.24, 2.45) is 0 Å². The lowest BCUT2D eigenvalue weighted by atomic mass is 10.0. The van der Waals surface area contributed by atoms with Crippen LogP contribution in [0.2, 0.25) is 0 Å². The van der Waals surface area contributed by atoms with Gasteiger partial charge in [-0.3, -0.25) is 0 Å². The summed E-state index contributed by atoms with van der Waals surface area (Å²) in [6, 6.07) is 5.48. The minimum absolute atomic E-state index is 0.100. The summed E-state index contributed by atoms with van der Waals surface area (Å²) >= 11 is 0. The normalized spacial score (nSPS) is 10.7. The standard InChI is InChI=1S/C16H16F3N/c1-9-4-10(2)16(11(3)5-9)20-8-12-6-14(18)15(19)7-13(12)17/h4-7,20H,8H2,1-3H3. The number of hydrogen-bond acceptors (Lipinski definition) is 1. The van der Waals surface area contributed by atoms with E-state index in [-0.39, 0.29) is 12.1 Å². The maximum Gasteiger partial charge on any atom is 0.161 e. The predicted molar refractivity (Wildman–Crippen MR) is 74.3 cm³/mol. The molecular weight excluding hydrogens is 263 g/mol. The molecule has 0 amide bonds. The highest BCUT2D eigenvalue weighted by Gasteiger charge is 2.10. The van der Waals surface area contributed by atoms with Gasteiger partial charge in [0.15, 0.2) is 11.6 Å². The zero-order chi connectivity index (χ0) is 14.9. The van der Waals surface area contributed by atoms with Gasteiger partial charge >= 0.3 is 0 Å². The highest BCUT2D eigenvalue weighted by atomic mass is 19.2. The molecule has 106 valence electrons. The van der Waals surface area contributed by atoms with Crippen molar-refractivity contribution in [1.82, 2.24) is 0 Å². The van der Waals surface area contributed by atoms with Gasteiger partial charge in [0.25, 0.3) is 0 Å². The third-order valence-corrected chi connectivity index (χ3v) is 3.22. The molecule has 0 saturated heterocycles. The third-order valence-electron chi connectivity index (χ3n) is 3.22. The number of hydrogen-bond donors (Lipinski definition) is 1. The van der Waals surface area contributed by atoms with Crippen LogP contribution in [0, 0.1) is 38.2 Å². The summed E-state index contributed by atoms with van der Waals surface area (Å²) in [7, 11) is 0. The fourth-order valence-corrected chi connectivity index (χ4v) is 2.34. The summed E-state index contributed by atoms with van der Waals surface area (Å²) in [6.45, 7) is 6.00. The average molecular weight is 279 g/mol. The Kier molecular flexibility index (Phi) is 4.02. The van der Waals surface area contributed by atoms with Crippen LogP contribution in [0.15, 0.2) is 24.3 Å². The molecule has 2 rings (SSSR count). The van der Waals surface area contributed by atoms with Crippen LogP contribution in [0.3, 0.4) is 0 Å². The molecule has 2 aromatic carbocycles. The van der Waals surface area contributed by atoms with E-state index in [0.717, 1.165) is 28.4 Å². The Labute approximate surface area is 116 Å². The highest BCUT2D eigenvalue weighted by Crippen LogP contribution is 2.23. The van der Waals surface area contributed by atoms with E-state index in [1.807, 2.05) is 32.9 Å². The van der Waals surface area contributed by atoms with Gasteiger partial charge in [-0.25, -0.2) is 13.2 Å². The number of rotatable bonds is 3. The molecule has 0 radical (unpaired) electrons. The van der Waals surface area contributed by atoms with Crippen LogP contribution in [0.5, 0.6) is 0 Å². The van der Waals surface area contributed by atoms with Gasteiger partial charge in [-0.05, 0) is 38.0 Å². The van der Waals surface area contributed by atoms with Crippen molar-refractivity contribution in [2.75, 3.05) is 5.32 Å². The zero-order valence-electron chi connectivity index (χ0n) is 11.7. The van der Waals surface area contributed by atoms with E-state index < -0.39 is 17.5 Å². The van der Waals surface area contributed by atoms with Crippen molar-refractivity contribution in [3.05, 3.63) is 64.0 Å². The monoisotopic (exact) mass is 279 g/mol. The van der Waals surface area contributed by atoms with E-state index in [1.54, 1.807) is 0 Å². The molecule has 0 fully saturated rings. The topological polar surface area (TPSA) is 12.0 Å². The molecular formula is C16H16F3N. The molecule has 0 aromatic heterocycles. The molecule has 0 saturated carbocycles. The molecule has 0 bridgehead atoms. The van der Waals surface area contributed by atoms with Crippen LogP contribution in [0.1, 0.15) is 22.3 Å². The Morgan fingerprint density at radius 3 is 1.95 bits per heavy atom. The molecule has 1 N–H and O–H groups in total. The van der Waals surface area contributed by atoms with E-state index in [9.17, 15) is 13.2 Å². The van der Waals surface area contributed by atoms with Gasteiger partial charge < -0.3 is 5.32 Å². The first-order valence-corrected chi connectivity index (χ1v) is 6.33. The summed E-state index contributed by atoms with van der Waals surface area (Å²) in [4.78, 5) is 0. The van der Waals surface area contributed by atoms with E-state index in [1.165, 1.54) is 0 Å². The van der Waals surface area contributed by atoms with Gasteiger partial charge in [0, 0.05) is 23.9 Å². The summed E-state index contributed by atoms with van der Waals surface area (Å²) in [5.41, 5.74) is 4.20. The Bertz CT molecular complexity index is 627. The van der Waals surface area contributed by atoms with Gasteiger partial charge in [-0.15, -0.1) is 0 Å². The maximum absolute atomic E-state index is 13.6. The average Bonchev–Trinajstić information content (AvgIpc) is 2.33. The van der Waals surface area contributed by atoms with E-state index in [2.05, 4.69) is 5.32 Å². The quantitative estimate of drug-likeness (QED) is 0.807. The molecule has 0 atom stereocenters. The number of nitrogens with one attached hydrogen (secondary N) is 1. The van der Waals surface area contributed by atoms with Crippen LogP contribution >= 0.6 is 0 Å². The van der Waals surface area contributed by atoms with Crippen molar-refractivity contribution >= 4 is 5.69 Å². The van der Waals surface area contributed by atoms with Gasteiger partial charge in [0.05, 0.1) is 0 Å². The second-order valence-electron chi connectivity index (χ2n) is 4.98. The Hall–Kier alpha value is -1.97. The summed E-state index contributed by atoms with van der Waals surface area (Å²) in [5.74, 6) is -2.96. The lowest BCUT2D eigenvalue weighted by Gasteiger charge is -2.14. The van der Waals surface area contributed by atoms with Crippen molar-refractivity contribution in [2.45, 2.75) is 27.3 Å². The van der Waals surface area contributed by atoms with Gasteiger partial charge in [-0.1, -0.05) is 17.7 Å². The fraction of sp³-hybridized carbons (Fsp3) is 0.250. The SMILES string of the molecule is Cc1cc(C)c(NCc2cc(F)c(F)cc2F)c(C)c1. The molecule has 0 aliphatic carbocycles. The first kappa shape index (κ1) is 14.4. The van der Waals surface area contributed by atoms with Gasteiger partial charge in [0.1, 0.15) is 5.82 Å². The molecule has 0 spiro atoms. The lowest BCUT2D eigenvalue weighted by Crippen LogP contribution is -2.06. The second kappa shape index (κ2) is 5.57. The minimum atomic E-state index is -1.17. The molecule has 0 aliphatic heterocycles. The van der Waals surface area contributed by atoms with Crippen LogP contribution in [0.4, 0.5) is 18.9 Å². The van der Waals surface area contributed by atoms with Crippen molar-refractivity contribution in [1.29, 1.82) is 0 Å². The van der Waals surface area contributed by atoms with Gasteiger partial charge in [0.2, 0.25) is 0 Å². The summed E-state index contributed by atoms with van der Waals surface area (Å²) in [5, 5.41) is 3.08. The smallest absolute Gasteiger partial charge is 0.161 e. The molecule has 20 heavy (non-hydrogen) atoms. The number of benzene rings is 2. The third kappa shape index (κ3) is 2.95. The first-order chi connectivity index (χ1) is 9.38. The number of aryl methyl sites for hydroxylation is 3. The molecule has 2 aromatic rings. The minimum Gasteiger partial charge on any atom is -0.380 e. The fourth-order valence-electron chi connectivity index (χ4n) is 2.34. The molecule has 0 heterocycles. The highest BCUT2D eigenvalue weighted by molar-refractivity contribution is 5.58. The predicted octanol–water partition coefficient (Wildman–Crippen LogP) is 4.64. The van der Waals surface area contributed by atoms with Crippen molar-refractivity contribution in [3.8, 4) is 0 Å². The number of anilines is 1. The number of halogens is 3. The lowest BCUT2D eigenvalue weighted by molar-refractivity contribution is 0.490. The zero-order valence-corrected chi connectivity index (χ0v) is 11.7. The summed E-state index contributed by atoms with van der Waals surface area (Å²) < 4.78 is 39.5. The Balaban J connectivity index is 2.23. The maximum atomic E-state index is 13.6. The van der Waals surface area contributed by atoms with Crippen LogP contribution in [0.25, 0.3) is 0 Å². The Morgan fingerprint density at radius 1 is 0.800 bits per heavy atom. The Morgan fingerprint density at radius 2 is 1.35 bits per heavy atom.